The smallest absolute Gasteiger partial charge is 0.270 e. The summed E-state index contributed by atoms with van der Waals surface area (Å²) in [5.74, 6) is 1.57. The number of rotatable bonds is 6. The van der Waals surface area contributed by atoms with Gasteiger partial charge in [-0.1, -0.05) is 42.0 Å². The number of allylic oxidation sites excluding steroid dienone is 2. The molecule has 0 radical (unpaired) electrons. The number of nitrogens with zero attached hydrogens (tertiary/aromatic N) is 1. The number of nitro groups is 1. The molecule has 0 unspecified atom stereocenters. The molecule has 6 nitrogen and oxygen atoms in total. The Labute approximate surface area is 217 Å². The summed E-state index contributed by atoms with van der Waals surface area (Å²) in [4.78, 5) is 11.1. The van der Waals surface area contributed by atoms with Gasteiger partial charge in [-0.05, 0) is 70.1 Å². The van der Waals surface area contributed by atoms with E-state index in [2.05, 4.69) is 39.5 Å². The van der Waals surface area contributed by atoms with Crippen LogP contribution in [0.25, 0.3) is 0 Å². The van der Waals surface area contributed by atoms with E-state index in [-0.39, 0.29) is 28.5 Å². The van der Waals surface area contributed by atoms with E-state index in [0.717, 1.165) is 38.8 Å². The maximum absolute atomic E-state index is 11.4. The Kier molecular flexibility index (Phi) is 6.47. The zero-order valence-electron chi connectivity index (χ0n) is 19.3. The fourth-order valence-corrected chi connectivity index (χ4v) is 5.89. The number of hydrogen-bond donors (Lipinski definition) is 1. The number of nitrogens with one attached hydrogen (secondary N) is 1. The summed E-state index contributed by atoms with van der Waals surface area (Å²) in [5.41, 5.74) is 4.89. The van der Waals surface area contributed by atoms with Gasteiger partial charge in [0.15, 0.2) is 11.5 Å². The van der Waals surface area contributed by atoms with Gasteiger partial charge in [-0.25, -0.2) is 0 Å². The SMILES string of the molecule is COc1cc([C@@H]2Nc3c(C)cc([N+](=O)[O-])cc3[C@H]3C=CC[C@@H]32)cc(Br)c1OCc1ccccc1Cl. The molecule has 0 fully saturated rings. The maximum atomic E-state index is 11.4. The Morgan fingerprint density at radius 3 is 2.77 bits per heavy atom. The van der Waals surface area contributed by atoms with Crippen LogP contribution in [0, 0.1) is 23.0 Å². The molecule has 1 aliphatic carbocycles. The highest BCUT2D eigenvalue weighted by Gasteiger charge is 2.40. The summed E-state index contributed by atoms with van der Waals surface area (Å²) < 4.78 is 12.6. The van der Waals surface area contributed by atoms with Gasteiger partial charge in [0.2, 0.25) is 0 Å². The lowest BCUT2D eigenvalue weighted by Crippen LogP contribution is -2.29. The molecule has 8 heteroatoms. The highest BCUT2D eigenvalue weighted by molar-refractivity contribution is 9.10. The molecule has 0 saturated heterocycles. The highest BCUT2D eigenvalue weighted by Crippen LogP contribution is 2.52. The first-order valence-corrected chi connectivity index (χ1v) is 12.5. The molecule has 180 valence electrons. The van der Waals surface area contributed by atoms with Crippen LogP contribution >= 0.6 is 27.5 Å². The largest absolute Gasteiger partial charge is 0.493 e. The third-order valence-electron chi connectivity index (χ3n) is 6.80. The van der Waals surface area contributed by atoms with Crippen molar-refractivity contribution in [3.8, 4) is 11.5 Å². The lowest BCUT2D eigenvalue weighted by molar-refractivity contribution is -0.385. The summed E-state index contributed by atoms with van der Waals surface area (Å²) in [6, 6.07) is 15.0. The summed E-state index contributed by atoms with van der Waals surface area (Å²) in [6.45, 7) is 2.23. The number of anilines is 1. The summed E-state index contributed by atoms with van der Waals surface area (Å²) >= 11 is 9.97. The van der Waals surface area contributed by atoms with Crippen molar-refractivity contribution in [1.82, 2.24) is 0 Å². The van der Waals surface area contributed by atoms with Gasteiger partial charge >= 0.3 is 0 Å². The van der Waals surface area contributed by atoms with Crippen LogP contribution in [0.1, 0.15) is 40.6 Å². The van der Waals surface area contributed by atoms with E-state index in [0.29, 0.717) is 23.1 Å². The first-order chi connectivity index (χ1) is 16.9. The van der Waals surface area contributed by atoms with Crippen molar-refractivity contribution in [2.75, 3.05) is 12.4 Å². The molecule has 0 amide bonds. The Balaban J connectivity index is 1.49. The van der Waals surface area contributed by atoms with Gasteiger partial charge in [-0.2, -0.15) is 0 Å². The number of benzene rings is 3. The minimum atomic E-state index is -0.323. The average Bonchev–Trinajstić information content (AvgIpc) is 3.33. The molecule has 35 heavy (non-hydrogen) atoms. The second-order valence-corrected chi connectivity index (χ2v) is 10.1. The predicted molar refractivity (Wildman–Crippen MR) is 141 cm³/mol. The van der Waals surface area contributed by atoms with Crippen LogP contribution in [0.15, 0.2) is 65.2 Å². The van der Waals surface area contributed by atoms with Crippen LogP contribution in [0.2, 0.25) is 5.02 Å². The van der Waals surface area contributed by atoms with Gasteiger partial charge in [0.25, 0.3) is 5.69 Å². The quantitative estimate of drug-likeness (QED) is 0.191. The lowest BCUT2D eigenvalue weighted by atomic mass is 9.76. The first-order valence-electron chi connectivity index (χ1n) is 11.3. The second kappa shape index (κ2) is 9.55. The van der Waals surface area contributed by atoms with Gasteiger partial charge in [0.05, 0.1) is 22.5 Å². The summed E-state index contributed by atoms with van der Waals surface area (Å²) in [7, 11) is 1.63. The summed E-state index contributed by atoms with van der Waals surface area (Å²) in [5, 5.41) is 15.8. The zero-order valence-corrected chi connectivity index (χ0v) is 21.6. The van der Waals surface area contributed by atoms with Crippen LogP contribution in [0.3, 0.4) is 0 Å². The minimum Gasteiger partial charge on any atom is -0.493 e. The van der Waals surface area contributed by atoms with Crippen LogP contribution < -0.4 is 14.8 Å². The van der Waals surface area contributed by atoms with Crippen molar-refractivity contribution < 1.29 is 14.4 Å². The lowest BCUT2D eigenvalue weighted by Gasteiger charge is -2.38. The third-order valence-corrected chi connectivity index (χ3v) is 7.76. The minimum absolute atomic E-state index is 0.00507. The van der Waals surface area contributed by atoms with Crippen molar-refractivity contribution in [3.63, 3.8) is 0 Å². The van der Waals surface area contributed by atoms with E-state index < -0.39 is 0 Å². The predicted octanol–water partition coefficient (Wildman–Crippen LogP) is 7.73. The standard InChI is InChI=1S/C27H24BrClN2O4/c1-15-10-18(31(32)33)13-21-19-7-5-8-20(19)26(30-25(15)21)17-11-22(28)27(24(12-17)34-2)35-14-16-6-3-4-9-23(16)29/h3-7,9-13,19-20,26,30H,8,14H2,1-2H3/t19-,20-,26-/m0/s1. The number of ether oxygens (including phenoxy) is 2. The Bertz CT molecular complexity index is 1340. The van der Waals surface area contributed by atoms with Gasteiger partial charge in [0, 0.05) is 34.3 Å². The molecule has 3 aromatic rings. The van der Waals surface area contributed by atoms with E-state index in [1.807, 2.05) is 37.3 Å². The molecule has 3 aromatic carbocycles. The van der Waals surface area contributed by atoms with E-state index >= 15 is 0 Å². The molecule has 0 saturated carbocycles. The van der Waals surface area contributed by atoms with Crippen LogP contribution in [0.4, 0.5) is 11.4 Å². The monoisotopic (exact) mass is 554 g/mol. The average molecular weight is 556 g/mol. The van der Waals surface area contributed by atoms with Gasteiger partial charge < -0.3 is 14.8 Å². The second-order valence-electron chi connectivity index (χ2n) is 8.87. The number of hydrogen-bond acceptors (Lipinski definition) is 5. The number of fused-ring (bicyclic) bond motifs is 3. The molecule has 5 rings (SSSR count). The fourth-order valence-electron chi connectivity index (χ4n) is 5.13. The van der Waals surface area contributed by atoms with E-state index in [1.165, 1.54) is 0 Å². The molecule has 1 aliphatic heterocycles. The molecule has 2 aliphatic rings. The van der Waals surface area contributed by atoms with Crippen LogP contribution in [0.5, 0.6) is 11.5 Å². The Hall–Kier alpha value is -3.03. The molecule has 0 aromatic heterocycles. The van der Waals surface area contributed by atoms with Gasteiger partial charge in [0.1, 0.15) is 6.61 Å². The number of halogens is 2. The number of nitro benzene ring substituents is 1. The van der Waals surface area contributed by atoms with E-state index in [4.69, 9.17) is 21.1 Å². The van der Waals surface area contributed by atoms with Crippen molar-refractivity contribution in [2.24, 2.45) is 5.92 Å². The van der Waals surface area contributed by atoms with Gasteiger partial charge in [-0.3, -0.25) is 10.1 Å². The fraction of sp³-hybridized carbons (Fsp3) is 0.259. The van der Waals surface area contributed by atoms with E-state index in [1.54, 1.807) is 19.2 Å². The van der Waals surface area contributed by atoms with Crippen LogP contribution in [-0.2, 0) is 6.61 Å². The number of methoxy groups -OCH3 is 1. The van der Waals surface area contributed by atoms with E-state index in [9.17, 15) is 10.1 Å². The van der Waals surface area contributed by atoms with Crippen LogP contribution in [-0.4, -0.2) is 12.0 Å². The third kappa shape index (κ3) is 4.39. The number of aryl methyl sites for hydroxylation is 1. The molecule has 1 N–H and O–H groups in total. The Morgan fingerprint density at radius 1 is 1.23 bits per heavy atom. The van der Waals surface area contributed by atoms with Crippen molar-refractivity contribution in [1.29, 1.82) is 0 Å². The van der Waals surface area contributed by atoms with Crippen molar-refractivity contribution in [2.45, 2.75) is 31.9 Å². The summed E-state index contributed by atoms with van der Waals surface area (Å²) in [6.07, 6.45) is 5.22. The molecule has 0 spiro atoms. The van der Waals surface area contributed by atoms with Crippen molar-refractivity contribution >= 4 is 38.9 Å². The molecular weight excluding hydrogens is 532 g/mol. The maximum Gasteiger partial charge on any atom is 0.270 e. The normalized spacial score (nSPS) is 20.1. The molecular formula is C27H24BrClN2O4. The molecule has 1 heterocycles. The highest BCUT2D eigenvalue weighted by atomic mass is 79.9. The molecule has 3 atom stereocenters. The number of non-ortho nitro benzene ring substituents is 1. The first kappa shape index (κ1) is 23.7. The molecule has 0 bridgehead atoms. The Morgan fingerprint density at radius 2 is 2.03 bits per heavy atom. The van der Waals surface area contributed by atoms with Gasteiger partial charge in [-0.15, -0.1) is 0 Å². The zero-order chi connectivity index (χ0) is 24.7. The topological polar surface area (TPSA) is 73.6 Å². The van der Waals surface area contributed by atoms with Crippen molar-refractivity contribution in [3.05, 3.63) is 103 Å².